The molecule has 0 aliphatic carbocycles. The van der Waals surface area contributed by atoms with Gasteiger partial charge < -0.3 is 0 Å². The summed E-state index contributed by atoms with van der Waals surface area (Å²) in [6.07, 6.45) is -4.69. The van der Waals surface area contributed by atoms with Gasteiger partial charge in [0.2, 0.25) is 10.0 Å². The molecule has 3 nitrogen and oxygen atoms in total. The van der Waals surface area contributed by atoms with Gasteiger partial charge in [0.1, 0.15) is 0 Å². The molecule has 0 saturated heterocycles. The van der Waals surface area contributed by atoms with Crippen LogP contribution in [0.25, 0.3) is 0 Å². The van der Waals surface area contributed by atoms with E-state index in [9.17, 15) is 21.6 Å². The Morgan fingerprint density at radius 2 is 1.76 bits per heavy atom. The summed E-state index contributed by atoms with van der Waals surface area (Å²) >= 11 is 5.38. The Labute approximate surface area is 102 Å². The molecule has 0 aromatic heterocycles. The fourth-order valence-corrected chi connectivity index (χ4v) is 2.25. The molecule has 0 radical (unpaired) electrons. The van der Waals surface area contributed by atoms with Crippen LogP contribution in [0, 0.1) is 0 Å². The number of alkyl halides is 3. The molecule has 1 rings (SSSR count). The first-order valence-corrected chi connectivity index (χ1v) is 6.18. The lowest BCUT2D eigenvalue weighted by Crippen LogP contribution is -2.22. The van der Waals surface area contributed by atoms with Gasteiger partial charge in [0.25, 0.3) is 0 Å². The summed E-state index contributed by atoms with van der Waals surface area (Å²) < 4.78 is 61.7. The van der Waals surface area contributed by atoms with Gasteiger partial charge in [-0.3, -0.25) is 0 Å². The fourth-order valence-electron chi connectivity index (χ4n) is 1.09. The summed E-state index contributed by atoms with van der Waals surface area (Å²) in [7, 11) is -1.44. The molecule has 0 aliphatic heterocycles. The maximum Gasteiger partial charge on any atom is 0.417 e. The topological polar surface area (TPSA) is 37.4 Å². The SMILES string of the molecule is CN(C)S(=O)(=O)c1ccc(Cl)c(C(F)(F)F)c1. The van der Waals surface area contributed by atoms with Crippen molar-refractivity contribution in [1.29, 1.82) is 0 Å². The monoisotopic (exact) mass is 287 g/mol. The number of hydrogen-bond donors (Lipinski definition) is 0. The van der Waals surface area contributed by atoms with Crippen LogP contribution < -0.4 is 0 Å². The van der Waals surface area contributed by atoms with Gasteiger partial charge in [-0.15, -0.1) is 0 Å². The molecule has 1 aromatic carbocycles. The van der Waals surface area contributed by atoms with Crippen molar-refractivity contribution in [2.75, 3.05) is 14.1 Å². The third-order valence-corrected chi connectivity index (χ3v) is 4.16. The Morgan fingerprint density at radius 3 is 2.18 bits per heavy atom. The average molecular weight is 288 g/mol. The second-order valence-electron chi connectivity index (χ2n) is 3.43. The van der Waals surface area contributed by atoms with E-state index in [0.717, 1.165) is 16.4 Å². The number of halogens is 4. The quantitative estimate of drug-likeness (QED) is 0.838. The van der Waals surface area contributed by atoms with Crippen molar-refractivity contribution in [2.45, 2.75) is 11.1 Å². The highest BCUT2D eigenvalue weighted by atomic mass is 35.5. The van der Waals surface area contributed by atoms with E-state index in [2.05, 4.69) is 0 Å². The predicted molar refractivity (Wildman–Crippen MR) is 57.3 cm³/mol. The molecule has 0 atom stereocenters. The van der Waals surface area contributed by atoms with Crippen molar-refractivity contribution >= 4 is 21.6 Å². The minimum Gasteiger partial charge on any atom is -0.207 e. The highest BCUT2D eigenvalue weighted by molar-refractivity contribution is 7.89. The van der Waals surface area contributed by atoms with Crippen LogP contribution in [0.1, 0.15) is 5.56 Å². The minimum atomic E-state index is -4.69. The van der Waals surface area contributed by atoms with E-state index in [1.807, 2.05) is 0 Å². The van der Waals surface area contributed by atoms with E-state index in [4.69, 9.17) is 11.6 Å². The Morgan fingerprint density at radius 1 is 1.24 bits per heavy atom. The van der Waals surface area contributed by atoms with Gasteiger partial charge in [-0.05, 0) is 18.2 Å². The molecular formula is C9H9ClF3NO2S. The summed E-state index contributed by atoms with van der Waals surface area (Å²) in [6.45, 7) is 0. The van der Waals surface area contributed by atoms with Crippen LogP contribution in [-0.4, -0.2) is 26.8 Å². The van der Waals surface area contributed by atoms with Crippen LogP contribution in [0.4, 0.5) is 13.2 Å². The predicted octanol–water partition coefficient (Wildman–Crippen LogP) is 2.61. The number of hydrogen-bond acceptors (Lipinski definition) is 2. The third-order valence-electron chi connectivity index (χ3n) is 2.02. The maximum atomic E-state index is 12.5. The molecule has 0 bridgehead atoms. The third kappa shape index (κ3) is 2.91. The van der Waals surface area contributed by atoms with Gasteiger partial charge in [-0.25, -0.2) is 12.7 Å². The standard InChI is InChI=1S/C9H9ClF3NO2S/c1-14(2)17(15,16)6-3-4-8(10)7(5-6)9(11,12)13/h3-5H,1-2H3. The Kier molecular flexibility index (Phi) is 3.75. The van der Waals surface area contributed by atoms with Crippen molar-refractivity contribution in [3.63, 3.8) is 0 Å². The molecule has 8 heteroatoms. The zero-order valence-electron chi connectivity index (χ0n) is 8.92. The van der Waals surface area contributed by atoms with Crippen molar-refractivity contribution in [3.05, 3.63) is 28.8 Å². The van der Waals surface area contributed by atoms with Crippen LogP contribution in [-0.2, 0) is 16.2 Å². The van der Waals surface area contributed by atoms with Gasteiger partial charge in [-0.2, -0.15) is 13.2 Å². The molecule has 0 N–H and O–H groups in total. The number of sulfonamides is 1. The molecular weight excluding hydrogens is 279 g/mol. The van der Waals surface area contributed by atoms with E-state index in [1.54, 1.807) is 0 Å². The smallest absolute Gasteiger partial charge is 0.207 e. The van der Waals surface area contributed by atoms with Gasteiger partial charge in [-0.1, -0.05) is 11.6 Å². The Bertz CT molecular complexity index is 526. The van der Waals surface area contributed by atoms with E-state index in [1.165, 1.54) is 14.1 Å². The van der Waals surface area contributed by atoms with Crippen molar-refractivity contribution < 1.29 is 21.6 Å². The number of nitrogens with zero attached hydrogens (tertiary/aromatic N) is 1. The van der Waals surface area contributed by atoms with Crippen molar-refractivity contribution in [2.24, 2.45) is 0 Å². The molecule has 0 aliphatic rings. The van der Waals surface area contributed by atoms with E-state index in [0.29, 0.717) is 6.07 Å². The lowest BCUT2D eigenvalue weighted by molar-refractivity contribution is -0.137. The van der Waals surface area contributed by atoms with Gasteiger partial charge in [0, 0.05) is 14.1 Å². The highest BCUT2D eigenvalue weighted by Gasteiger charge is 2.34. The van der Waals surface area contributed by atoms with E-state index >= 15 is 0 Å². The molecule has 0 saturated carbocycles. The Hall–Kier alpha value is -0.790. The second kappa shape index (κ2) is 4.47. The van der Waals surface area contributed by atoms with Crippen LogP contribution in [0.15, 0.2) is 23.1 Å². The first-order chi connectivity index (χ1) is 7.56. The van der Waals surface area contributed by atoms with Crippen LogP contribution in [0.5, 0.6) is 0 Å². The molecule has 0 heterocycles. The van der Waals surface area contributed by atoms with Gasteiger partial charge >= 0.3 is 6.18 Å². The van der Waals surface area contributed by atoms with E-state index in [-0.39, 0.29) is 0 Å². The average Bonchev–Trinajstić information content (AvgIpc) is 2.15. The van der Waals surface area contributed by atoms with E-state index < -0.39 is 31.7 Å². The van der Waals surface area contributed by atoms with Crippen molar-refractivity contribution in [1.82, 2.24) is 4.31 Å². The lowest BCUT2D eigenvalue weighted by atomic mass is 10.2. The number of benzene rings is 1. The molecule has 96 valence electrons. The molecule has 17 heavy (non-hydrogen) atoms. The molecule has 0 fully saturated rings. The van der Waals surface area contributed by atoms with Gasteiger partial charge in [0.15, 0.2) is 0 Å². The normalized spacial score (nSPS) is 13.1. The maximum absolute atomic E-state index is 12.5. The van der Waals surface area contributed by atoms with Crippen LogP contribution >= 0.6 is 11.6 Å². The number of rotatable bonds is 2. The summed E-state index contributed by atoms with van der Waals surface area (Å²) in [5.41, 5.74) is -1.16. The molecule has 0 spiro atoms. The summed E-state index contributed by atoms with van der Waals surface area (Å²) in [5, 5.41) is -0.532. The minimum absolute atomic E-state index is 0.445. The molecule has 1 aromatic rings. The highest BCUT2D eigenvalue weighted by Crippen LogP contribution is 2.36. The summed E-state index contributed by atoms with van der Waals surface area (Å²) in [4.78, 5) is -0.445. The first-order valence-electron chi connectivity index (χ1n) is 4.36. The fraction of sp³-hybridized carbons (Fsp3) is 0.333. The molecule has 0 unspecified atom stereocenters. The Balaban J connectivity index is 3.43. The lowest BCUT2D eigenvalue weighted by Gasteiger charge is -2.14. The summed E-state index contributed by atoms with van der Waals surface area (Å²) in [6, 6.07) is 2.48. The zero-order valence-corrected chi connectivity index (χ0v) is 10.5. The van der Waals surface area contributed by atoms with Gasteiger partial charge in [0.05, 0.1) is 15.5 Å². The largest absolute Gasteiger partial charge is 0.417 e. The second-order valence-corrected chi connectivity index (χ2v) is 5.99. The van der Waals surface area contributed by atoms with Crippen LogP contribution in [0.3, 0.4) is 0 Å². The van der Waals surface area contributed by atoms with Crippen molar-refractivity contribution in [3.8, 4) is 0 Å². The summed E-state index contributed by atoms with van der Waals surface area (Å²) in [5.74, 6) is 0. The zero-order chi connectivity index (χ0) is 13.4. The first kappa shape index (κ1) is 14.3. The molecule has 0 amide bonds. The van der Waals surface area contributed by atoms with Crippen LogP contribution in [0.2, 0.25) is 5.02 Å².